The van der Waals surface area contributed by atoms with Crippen LogP contribution in [0.25, 0.3) is 10.4 Å². The Morgan fingerprint density at radius 2 is 1.64 bits per heavy atom. The zero-order valence-corrected chi connectivity index (χ0v) is 27.0. The highest BCUT2D eigenvalue weighted by Crippen LogP contribution is 2.47. The summed E-state index contributed by atoms with van der Waals surface area (Å²) in [6.45, 7) is 4.95. The first-order valence-corrected chi connectivity index (χ1v) is 15.6. The van der Waals surface area contributed by atoms with E-state index in [1.165, 1.54) is 18.4 Å². The third kappa shape index (κ3) is 7.52. The summed E-state index contributed by atoms with van der Waals surface area (Å²) >= 11 is 4.80. The van der Waals surface area contributed by atoms with E-state index in [-0.39, 0.29) is 29.3 Å². The maximum atomic E-state index is 14.0. The van der Waals surface area contributed by atoms with Crippen molar-refractivity contribution in [3.63, 3.8) is 0 Å². The van der Waals surface area contributed by atoms with Gasteiger partial charge in [-0.2, -0.15) is 0 Å². The lowest BCUT2D eigenvalue weighted by Gasteiger charge is -2.37. The predicted octanol–water partition coefficient (Wildman–Crippen LogP) is 8.08. The van der Waals surface area contributed by atoms with Crippen molar-refractivity contribution in [2.24, 2.45) is 0 Å². The summed E-state index contributed by atoms with van der Waals surface area (Å²) in [6.07, 6.45) is 5.16. The molecular weight excluding hydrogens is 620 g/mol. The van der Waals surface area contributed by atoms with Gasteiger partial charge < -0.3 is 14.2 Å². The van der Waals surface area contributed by atoms with E-state index in [9.17, 15) is 14.4 Å². The summed E-state index contributed by atoms with van der Waals surface area (Å²) in [5.41, 5.74) is 1.70. The molecule has 1 aliphatic carbocycles. The summed E-state index contributed by atoms with van der Waals surface area (Å²) in [5, 5.41) is 0. The van der Waals surface area contributed by atoms with Gasteiger partial charge in [-0.15, -0.1) is 11.3 Å². The third-order valence-corrected chi connectivity index (χ3v) is 9.12. The highest BCUT2D eigenvalue weighted by Gasteiger charge is 2.31. The molecule has 1 aliphatic rings. The number of halogens is 1. The third-order valence-electron chi connectivity index (χ3n) is 6.90. The van der Waals surface area contributed by atoms with Crippen molar-refractivity contribution in [1.29, 1.82) is 0 Å². The van der Waals surface area contributed by atoms with Gasteiger partial charge in [0.1, 0.15) is 5.60 Å². The Bertz CT molecular complexity index is 1410. The summed E-state index contributed by atoms with van der Waals surface area (Å²) in [5.74, 6) is -0.919. The van der Waals surface area contributed by atoms with Gasteiger partial charge in [-0.25, -0.2) is 14.4 Å². The largest absolute Gasteiger partial charge is 0.479 e. The molecule has 1 saturated carbocycles. The highest BCUT2D eigenvalue weighted by molar-refractivity contribution is 9.10. The zero-order valence-electron chi connectivity index (χ0n) is 24.6. The fraction of sp³-hybridized carbons (Fsp3) is 0.406. The Hall–Kier alpha value is -3.37. The van der Waals surface area contributed by atoms with Crippen LogP contribution in [0, 0.1) is 0 Å². The number of hydrogen-bond acceptors (Lipinski definition) is 7. The average Bonchev–Trinajstić information content (AvgIpc) is 3.31. The topological polar surface area (TPSA) is 85.4 Å². The Kier molecular flexibility index (Phi) is 10.3. The number of carbonyl (C=O) groups is 3. The van der Waals surface area contributed by atoms with Gasteiger partial charge >= 0.3 is 18.0 Å². The van der Waals surface area contributed by atoms with E-state index in [1.807, 2.05) is 59.5 Å². The van der Waals surface area contributed by atoms with E-state index < -0.39 is 17.5 Å². The number of amides is 2. The summed E-state index contributed by atoms with van der Waals surface area (Å²) in [4.78, 5) is 43.6. The van der Waals surface area contributed by atoms with Gasteiger partial charge in [-0.3, -0.25) is 9.80 Å². The molecule has 8 nitrogen and oxygen atoms in total. The molecule has 0 bridgehead atoms. The van der Waals surface area contributed by atoms with E-state index in [2.05, 4.69) is 15.9 Å². The van der Waals surface area contributed by atoms with E-state index >= 15 is 0 Å². The lowest BCUT2D eigenvalue weighted by atomic mass is 9.93. The van der Waals surface area contributed by atoms with E-state index in [0.29, 0.717) is 9.35 Å². The van der Waals surface area contributed by atoms with Gasteiger partial charge in [0.05, 0.1) is 16.5 Å². The second-order valence-corrected chi connectivity index (χ2v) is 13.0. The molecule has 4 rings (SSSR count). The maximum Gasteiger partial charge on any atom is 0.351 e. The van der Waals surface area contributed by atoms with Crippen LogP contribution in [-0.4, -0.2) is 50.4 Å². The highest BCUT2D eigenvalue weighted by atomic mass is 79.9. The fourth-order valence-corrected chi connectivity index (χ4v) is 6.94. The number of anilines is 2. The second kappa shape index (κ2) is 13.7. The summed E-state index contributed by atoms with van der Waals surface area (Å²) in [6, 6.07) is 17.3. The van der Waals surface area contributed by atoms with Crippen molar-refractivity contribution < 1.29 is 28.6 Å². The molecule has 0 unspecified atom stereocenters. The molecular formula is C32H37BrN2O6S. The molecule has 1 aromatic heterocycles. The van der Waals surface area contributed by atoms with Gasteiger partial charge in [0.15, 0.2) is 17.2 Å². The minimum absolute atomic E-state index is 0.0674. The fourth-order valence-electron chi connectivity index (χ4n) is 4.98. The minimum Gasteiger partial charge on any atom is -0.479 e. The van der Waals surface area contributed by atoms with Crippen LogP contribution < -0.4 is 14.5 Å². The van der Waals surface area contributed by atoms with Crippen LogP contribution in [0.2, 0.25) is 0 Å². The number of nitrogens with zero attached hydrogens (tertiary/aromatic N) is 2. The zero-order chi connectivity index (χ0) is 30.4. The van der Waals surface area contributed by atoms with Crippen LogP contribution >= 0.6 is 27.3 Å². The molecule has 1 fully saturated rings. The molecule has 0 N–H and O–H groups in total. The minimum atomic E-state index is -0.667. The van der Waals surface area contributed by atoms with Crippen LogP contribution in [0.1, 0.15) is 62.5 Å². The van der Waals surface area contributed by atoms with Crippen LogP contribution in [0.4, 0.5) is 16.2 Å². The van der Waals surface area contributed by atoms with Crippen molar-refractivity contribution in [2.45, 2.75) is 64.5 Å². The number of para-hydroxylation sites is 1. The molecule has 1 heterocycles. The van der Waals surface area contributed by atoms with Crippen LogP contribution in [0.3, 0.4) is 0 Å². The lowest BCUT2D eigenvalue weighted by molar-refractivity contribution is -0.157. The van der Waals surface area contributed by atoms with Gasteiger partial charge in [0.2, 0.25) is 0 Å². The number of esters is 2. The number of carbonyl (C=O) groups excluding carboxylic acids is 3. The maximum absolute atomic E-state index is 14.0. The number of thiophene rings is 1. The van der Waals surface area contributed by atoms with Crippen molar-refractivity contribution >= 4 is 56.6 Å². The first-order chi connectivity index (χ1) is 20.0. The van der Waals surface area contributed by atoms with Crippen LogP contribution in [-0.2, 0) is 14.3 Å². The number of ether oxygens (including phenoxy) is 3. The summed E-state index contributed by atoms with van der Waals surface area (Å²) < 4.78 is 16.7. The molecule has 42 heavy (non-hydrogen) atoms. The molecule has 2 aromatic carbocycles. The molecule has 0 atom stereocenters. The van der Waals surface area contributed by atoms with E-state index in [1.54, 1.807) is 32.7 Å². The van der Waals surface area contributed by atoms with Crippen molar-refractivity contribution in [2.75, 3.05) is 30.6 Å². The predicted molar refractivity (Wildman–Crippen MR) is 170 cm³/mol. The lowest BCUT2D eigenvalue weighted by Crippen LogP contribution is -2.48. The Labute approximate surface area is 259 Å². The smallest absolute Gasteiger partial charge is 0.351 e. The van der Waals surface area contributed by atoms with Gasteiger partial charge in [0, 0.05) is 24.5 Å². The SMILES string of the molecule is COC(=O)c1sc(-c2cccc(N(C(=O)N(C)c3ccccc3)C3CCCCC3)c2)c(Br)c1OCC(=O)OC(C)(C)C. The normalized spacial score (nSPS) is 13.8. The molecule has 224 valence electrons. The standard InChI is InChI=1S/C32H37BrN2O6S/c1-32(2,3)41-25(36)20-40-27-26(33)28(42-29(27)30(37)39-5)21-13-12-18-24(19-21)35(23-16-10-7-11-17-23)31(38)34(4)22-14-8-6-9-15-22/h6,8-9,12-15,18-19,23H,7,10-11,16-17,20H2,1-5H3. The Morgan fingerprint density at radius 1 is 0.976 bits per heavy atom. The Morgan fingerprint density at radius 3 is 2.29 bits per heavy atom. The molecule has 2 amide bonds. The van der Waals surface area contributed by atoms with Crippen molar-refractivity contribution in [1.82, 2.24) is 0 Å². The van der Waals surface area contributed by atoms with Gasteiger partial charge in [-0.1, -0.05) is 49.6 Å². The van der Waals surface area contributed by atoms with Crippen molar-refractivity contribution in [3.8, 4) is 16.2 Å². The Balaban J connectivity index is 1.70. The molecule has 3 aromatic rings. The molecule has 0 saturated heterocycles. The number of rotatable bonds is 8. The van der Waals surface area contributed by atoms with Gasteiger partial charge in [0.25, 0.3) is 0 Å². The van der Waals surface area contributed by atoms with E-state index in [0.717, 1.165) is 49.0 Å². The molecule has 0 spiro atoms. The van der Waals surface area contributed by atoms with Crippen molar-refractivity contribution in [3.05, 3.63) is 63.9 Å². The summed E-state index contributed by atoms with van der Waals surface area (Å²) in [7, 11) is 3.09. The van der Waals surface area contributed by atoms with Gasteiger partial charge in [-0.05, 0) is 79.4 Å². The van der Waals surface area contributed by atoms with Crippen LogP contribution in [0.15, 0.2) is 59.1 Å². The number of urea groups is 1. The second-order valence-electron chi connectivity index (χ2n) is 11.2. The number of hydrogen-bond donors (Lipinski definition) is 0. The average molecular weight is 658 g/mol. The number of methoxy groups -OCH3 is 1. The molecule has 0 aliphatic heterocycles. The van der Waals surface area contributed by atoms with E-state index in [4.69, 9.17) is 14.2 Å². The first-order valence-electron chi connectivity index (χ1n) is 14.0. The van der Waals surface area contributed by atoms with Crippen LogP contribution in [0.5, 0.6) is 5.75 Å². The first kappa shape index (κ1) is 31.6. The molecule has 10 heteroatoms. The number of benzene rings is 2. The molecule has 0 radical (unpaired) electrons. The monoisotopic (exact) mass is 656 g/mol. The quantitative estimate of drug-likeness (QED) is 0.228.